The molecule has 0 spiro atoms. The van der Waals surface area contributed by atoms with E-state index in [1.54, 1.807) is 0 Å². The number of ether oxygens (including phenoxy) is 1. The number of unbranched alkanes of at least 4 members (excludes halogenated alkanes) is 3. The molecule has 2 heteroatoms. The van der Waals surface area contributed by atoms with Crippen molar-refractivity contribution in [2.24, 2.45) is 0 Å². The third kappa shape index (κ3) is 5.27. The molecule has 0 unspecified atom stereocenters. The zero-order valence-corrected chi connectivity index (χ0v) is 8.85. The SMILES string of the molecule is CNCCCCCCOC1CCC1. The molecule has 78 valence electrons. The van der Waals surface area contributed by atoms with Crippen LogP contribution < -0.4 is 5.32 Å². The van der Waals surface area contributed by atoms with Crippen molar-refractivity contribution in [3.05, 3.63) is 0 Å². The molecular formula is C11H23NO. The molecule has 0 radical (unpaired) electrons. The molecule has 1 N–H and O–H groups in total. The van der Waals surface area contributed by atoms with Crippen LogP contribution in [0, 0.1) is 0 Å². The van der Waals surface area contributed by atoms with Crippen molar-refractivity contribution in [1.29, 1.82) is 0 Å². The maximum absolute atomic E-state index is 5.67. The Kier molecular flexibility index (Phi) is 6.21. The molecular weight excluding hydrogens is 162 g/mol. The summed E-state index contributed by atoms with van der Waals surface area (Å²) in [6.07, 6.45) is 9.84. The van der Waals surface area contributed by atoms with Gasteiger partial charge in [0.2, 0.25) is 0 Å². The van der Waals surface area contributed by atoms with Crippen LogP contribution in [-0.2, 0) is 4.74 Å². The summed E-state index contributed by atoms with van der Waals surface area (Å²) in [5.41, 5.74) is 0. The van der Waals surface area contributed by atoms with Gasteiger partial charge in [-0.25, -0.2) is 0 Å². The summed E-state index contributed by atoms with van der Waals surface area (Å²) in [6.45, 7) is 2.15. The van der Waals surface area contributed by atoms with Crippen molar-refractivity contribution in [2.75, 3.05) is 20.2 Å². The Morgan fingerprint density at radius 2 is 1.92 bits per heavy atom. The monoisotopic (exact) mass is 185 g/mol. The molecule has 13 heavy (non-hydrogen) atoms. The van der Waals surface area contributed by atoms with Gasteiger partial charge in [0.05, 0.1) is 6.10 Å². The summed E-state index contributed by atoms with van der Waals surface area (Å²) in [4.78, 5) is 0. The van der Waals surface area contributed by atoms with Gasteiger partial charge in [-0.3, -0.25) is 0 Å². The molecule has 0 aliphatic heterocycles. The summed E-state index contributed by atoms with van der Waals surface area (Å²) in [6, 6.07) is 0. The van der Waals surface area contributed by atoms with Crippen LogP contribution in [0.5, 0.6) is 0 Å². The van der Waals surface area contributed by atoms with Gasteiger partial charge in [-0.1, -0.05) is 12.8 Å². The molecule has 0 aromatic rings. The molecule has 0 amide bonds. The summed E-state index contributed by atoms with van der Waals surface area (Å²) in [5, 5.41) is 3.16. The summed E-state index contributed by atoms with van der Waals surface area (Å²) < 4.78 is 5.67. The molecule has 1 fully saturated rings. The Morgan fingerprint density at radius 1 is 1.15 bits per heavy atom. The smallest absolute Gasteiger partial charge is 0.0575 e. The van der Waals surface area contributed by atoms with Crippen LogP contribution >= 0.6 is 0 Å². The van der Waals surface area contributed by atoms with E-state index in [1.165, 1.54) is 44.9 Å². The normalized spacial score (nSPS) is 17.3. The molecule has 1 saturated carbocycles. The Morgan fingerprint density at radius 3 is 2.54 bits per heavy atom. The predicted molar refractivity (Wildman–Crippen MR) is 56.0 cm³/mol. The van der Waals surface area contributed by atoms with Crippen molar-refractivity contribution in [3.63, 3.8) is 0 Å². The zero-order valence-electron chi connectivity index (χ0n) is 8.85. The van der Waals surface area contributed by atoms with Gasteiger partial charge in [0, 0.05) is 6.61 Å². The van der Waals surface area contributed by atoms with E-state index in [1.807, 2.05) is 7.05 Å². The highest BCUT2D eigenvalue weighted by molar-refractivity contribution is 4.68. The lowest BCUT2D eigenvalue weighted by molar-refractivity contribution is 0.000630. The highest BCUT2D eigenvalue weighted by Gasteiger charge is 2.16. The maximum atomic E-state index is 5.67. The predicted octanol–water partition coefficient (Wildman–Crippen LogP) is 2.34. The summed E-state index contributed by atoms with van der Waals surface area (Å²) in [5.74, 6) is 0. The lowest BCUT2D eigenvalue weighted by Crippen LogP contribution is -2.21. The molecule has 0 heterocycles. The van der Waals surface area contributed by atoms with E-state index in [2.05, 4.69) is 5.32 Å². The lowest BCUT2D eigenvalue weighted by atomic mass is 9.96. The second kappa shape index (κ2) is 7.34. The fraction of sp³-hybridized carbons (Fsp3) is 1.00. The topological polar surface area (TPSA) is 21.3 Å². The number of hydrogen-bond donors (Lipinski definition) is 1. The van der Waals surface area contributed by atoms with Gasteiger partial charge in [-0.15, -0.1) is 0 Å². The fourth-order valence-electron chi connectivity index (χ4n) is 1.54. The first kappa shape index (κ1) is 11.0. The van der Waals surface area contributed by atoms with Gasteiger partial charge < -0.3 is 10.1 Å². The molecule has 0 bridgehead atoms. The third-order valence-corrected chi connectivity index (χ3v) is 2.73. The van der Waals surface area contributed by atoms with Crippen LogP contribution in [0.2, 0.25) is 0 Å². The quantitative estimate of drug-likeness (QED) is 0.586. The molecule has 1 aliphatic carbocycles. The van der Waals surface area contributed by atoms with Crippen LogP contribution in [0.1, 0.15) is 44.9 Å². The van der Waals surface area contributed by atoms with E-state index >= 15 is 0 Å². The molecule has 0 aromatic heterocycles. The molecule has 0 atom stereocenters. The van der Waals surface area contributed by atoms with Gasteiger partial charge in [0.15, 0.2) is 0 Å². The van der Waals surface area contributed by atoms with Crippen molar-refractivity contribution >= 4 is 0 Å². The minimum Gasteiger partial charge on any atom is -0.378 e. The number of rotatable bonds is 8. The van der Waals surface area contributed by atoms with E-state index in [0.29, 0.717) is 6.10 Å². The Bertz CT molecular complexity index is 113. The Hall–Kier alpha value is -0.0800. The first-order valence-electron chi connectivity index (χ1n) is 5.69. The van der Waals surface area contributed by atoms with E-state index in [-0.39, 0.29) is 0 Å². The van der Waals surface area contributed by atoms with Crippen LogP contribution in [0.4, 0.5) is 0 Å². The highest BCUT2D eigenvalue weighted by Crippen LogP contribution is 2.21. The minimum absolute atomic E-state index is 0.623. The van der Waals surface area contributed by atoms with Gasteiger partial charge in [-0.05, 0) is 45.7 Å². The van der Waals surface area contributed by atoms with Gasteiger partial charge in [-0.2, -0.15) is 0 Å². The second-order valence-corrected chi connectivity index (χ2v) is 3.94. The molecule has 0 aromatic carbocycles. The number of nitrogens with one attached hydrogen (secondary N) is 1. The van der Waals surface area contributed by atoms with E-state index < -0.39 is 0 Å². The van der Waals surface area contributed by atoms with Crippen molar-refractivity contribution in [3.8, 4) is 0 Å². The average Bonchev–Trinajstić information content (AvgIpc) is 2.07. The van der Waals surface area contributed by atoms with Gasteiger partial charge in [0.25, 0.3) is 0 Å². The molecule has 1 rings (SSSR count). The van der Waals surface area contributed by atoms with E-state index in [4.69, 9.17) is 4.74 Å². The highest BCUT2D eigenvalue weighted by atomic mass is 16.5. The first-order chi connectivity index (χ1) is 6.43. The Labute approximate surface area is 82.0 Å². The first-order valence-corrected chi connectivity index (χ1v) is 5.69. The van der Waals surface area contributed by atoms with E-state index in [0.717, 1.165) is 13.2 Å². The summed E-state index contributed by atoms with van der Waals surface area (Å²) in [7, 11) is 2.01. The van der Waals surface area contributed by atoms with Crippen molar-refractivity contribution in [1.82, 2.24) is 5.32 Å². The summed E-state index contributed by atoms with van der Waals surface area (Å²) >= 11 is 0. The van der Waals surface area contributed by atoms with Crippen LogP contribution in [-0.4, -0.2) is 26.3 Å². The van der Waals surface area contributed by atoms with E-state index in [9.17, 15) is 0 Å². The van der Waals surface area contributed by atoms with Crippen LogP contribution in [0.25, 0.3) is 0 Å². The van der Waals surface area contributed by atoms with Crippen LogP contribution in [0.15, 0.2) is 0 Å². The van der Waals surface area contributed by atoms with Crippen LogP contribution in [0.3, 0.4) is 0 Å². The molecule has 0 saturated heterocycles. The minimum atomic E-state index is 0.623. The second-order valence-electron chi connectivity index (χ2n) is 3.94. The molecule has 1 aliphatic rings. The third-order valence-electron chi connectivity index (χ3n) is 2.73. The lowest BCUT2D eigenvalue weighted by Gasteiger charge is -2.25. The maximum Gasteiger partial charge on any atom is 0.0575 e. The van der Waals surface area contributed by atoms with Gasteiger partial charge in [0.1, 0.15) is 0 Å². The largest absolute Gasteiger partial charge is 0.378 e. The number of hydrogen-bond acceptors (Lipinski definition) is 2. The molecule has 2 nitrogen and oxygen atoms in total. The Balaban J connectivity index is 1.68. The standard InChI is InChI=1S/C11H23NO/c1-12-9-4-2-3-5-10-13-11-7-6-8-11/h11-12H,2-10H2,1H3. The zero-order chi connectivity index (χ0) is 9.36. The fourth-order valence-corrected chi connectivity index (χ4v) is 1.54. The van der Waals surface area contributed by atoms with Crippen molar-refractivity contribution in [2.45, 2.75) is 51.0 Å². The van der Waals surface area contributed by atoms with Crippen molar-refractivity contribution < 1.29 is 4.74 Å². The average molecular weight is 185 g/mol. The van der Waals surface area contributed by atoms with Gasteiger partial charge >= 0.3 is 0 Å².